The molecule has 0 bridgehead atoms. The molecule has 0 unspecified atom stereocenters. The number of hydrogen-bond acceptors (Lipinski definition) is 5. The number of carbonyl (C=O) groups excluding carboxylic acids is 1. The zero-order chi connectivity index (χ0) is 22.3. The number of amides is 1. The van der Waals surface area contributed by atoms with E-state index < -0.39 is 10.0 Å². The lowest BCUT2D eigenvalue weighted by Gasteiger charge is -2.19. The van der Waals surface area contributed by atoms with E-state index in [1.54, 1.807) is 45.4 Å². The third-order valence-electron chi connectivity index (χ3n) is 5.10. The van der Waals surface area contributed by atoms with Crippen LogP contribution in [0.4, 0.5) is 5.82 Å². The number of sulfonamides is 1. The molecule has 31 heavy (non-hydrogen) atoms. The highest BCUT2D eigenvalue weighted by Gasteiger charge is 2.24. The Morgan fingerprint density at radius 2 is 1.87 bits per heavy atom. The average Bonchev–Trinajstić information content (AvgIpc) is 2.94. The molecule has 9 heteroatoms. The number of carbonyl (C=O) groups is 1. The predicted octanol–water partition coefficient (Wildman–Crippen LogP) is 3.32. The maximum atomic E-state index is 12.8. The molecule has 1 aromatic carbocycles. The Morgan fingerprint density at radius 3 is 2.52 bits per heavy atom. The summed E-state index contributed by atoms with van der Waals surface area (Å²) >= 11 is 0. The van der Waals surface area contributed by atoms with Crippen molar-refractivity contribution in [2.24, 2.45) is 0 Å². The molecule has 0 atom stereocenters. The molecular formula is C22H27N5O3S. The Morgan fingerprint density at radius 1 is 1.19 bits per heavy atom. The largest absolute Gasteiger partial charge is 0.307 e. The summed E-state index contributed by atoms with van der Waals surface area (Å²) in [5.74, 6) is 0.195. The highest BCUT2D eigenvalue weighted by Crippen LogP contribution is 2.21. The summed E-state index contributed by atoms with van der Waals surface area (Å²) in [4.78, 5) is 12.6. The lowest BCUT2D eigenvalue weighted by atomic mass is 10.2. The predicted molar refractivity (Wildman–Crippen MR) is 119 cm³/mol. The van der Waals surface area contributed by atoms with Crippen molar-refractivity contribution in [1.29, 1.82) is 5.26 Å². The topological polar surface area (TPSA) is 108 Å². The molecule has 164 valence electrons. The number of anilines is 1. The molecule has 1 aliphatic rings. The standard InChI is InChI=1S/C22H27N5O3S/c1-18-17-21(27(25-18)16-6-13-23)24-22(28)12-9-19-7-10-20(11-8-19)31(29,30)26-14-4-2-3-5-15-26/h7-12,17H,2-6,14-16H2,1H3,(H,24,28)/b12-9+. The van der Waals surface area contributed by atoms with E-state index >= 15 is 0 Å². The van der Waals surface area contributed by atoms with Gasteiger partial charge in [-0.2, -0.15) is 14.7 Å². The molecule has 1 aliphatic heterocycles. The van der Waals surface area contributed by atoms with Gasteiger partial charge in [0.25, 0.3) is 0 Å². The summed E-state index contributed by atoms with van der Waals surface area (Å²) < 4.78 is 28.8. The summed E-state index contributed by atoms with van der Waals surface area (Å²) in [5, 5.41) is 15.8. The minimum atomic E-state index is -3.49. The molecule has 1 aromatic heterocycles. The van der Waals surface area contributed by atoms with Crippen LogP contribution < -0.4 is 5.32 Å². The number of nitrogens with one attached hydrogen (secondary N) is 1. The lowest BCUT2D eigenvalue weighted by molar-refractivity contribution is -0.111. The Balaban J connectivity index is 1.64. The molecule has 1 amide bonds. The molecule has 1 fully saturated rings. The van der Waals surface area contributed by atoms with E-state index in [-0.39, 0.29) is 10.8 Å². The molecule has 0 radical (unpaired) electrons. The molecule has 2 aromatic rings. The van der Waals surface area contributed by atoms with Crippen molar-refractivity contribution < 1.29 is 13.2 Å². The van der Waals surface area contributed by atoms with Gasteiger partial charge in [-0.1, -0.05) is 25.0 Å². The second-order valence-corrected chi connectivity index (χ2v) is 9.45. The van der Waals surface area contributed by atoms with Gasteiger partial charge >= 0.3 is 0 Å². The van der Waals surface area contributed by atoms with Gasteiger partial charge < -0.3 is 5.32 Å². The van der Waals surface area contributed by atoms with Gasteiger partial charge in [0.1, 0.15) is 5.82 Å². The van der Waals surface area contributed by atoms with Crippen LogP contribution in [0.2, 0.25) is 0 Å². The quantitative estimate of drug-likeness (QED) is 0.663. The van der Waals surface area contributed by atoms with Crippen LogP contribution in [0.25, 0.3) is 6.08 Å². The highest BCUT2D eigenvalue weighted by atomic mass is 32.2. The van der Waals surface area contributed by atoms with E-state index in [0.29, 0.717) is 31.9 Å². The van der Waals surface area contributed by atoms with Gasteiger partial charge in [0.2, 0.25) is 15.9 Å². The summed E-state index contributed by atoms with van der Waals surface area (Å²) in [7, 11) is -3.49. The van der Waals surface area contributed by atoms with E-state index in [0.717, 1.165) is 36.9 Å². The fourth-order valence-corrected chi connectivity index (χ4v) is 5.01. The Kier molecular flexibility index (Phi) is 7.60. The van der Waals surface area contributed by atoms with Crippen molar-refractivity contribution in [3.8, 4) is 6.07 Å². The number of nitriles is 1. The van der Waals surface area contributed by atoms with Crippen molar-refractivity contribution in [2.45, 2.75) is 50.5 Å². The second kappa shape index (κ2) is 10.4. The average molecular weight is 442 g/mol. The van der Waals surface area contributed by atoms with Gasteiger partial charge in [-0.25, -0.2) is 13.1 Å². The van der Waals surface area contributed by atoms with Crippen LogP contribution in [0.3, 0.4) is 0 Å². The van der Waals surface area contributed by atoms with Crippen LogP contribution in [-0.2, 0) is 21.4 Å². The first-order valence-corrected chi connectivity index (χ1v) is 11.8. The van der Waals surface area contributed by atoms with Gasteiger partial charge in [-0.3, -0.25) is 4.79 Å². The monoisotopic (exact) mass is 441 g/mol. The fraction of sp³-hybridized carbons (Fsp3) is 0.409. The van der Waals surface area contributed by atoms with Gasteiger partial charge in [0, 0.05) is 25.2 Å². The van der Waals surface area contributed by atoms with E-state index in [9.17, 15) is 13.2 Å². The molecule has 0 spiro atoms. The van der Waals surface area contributed by atoms with Crippen molar-refractivity contribution in [1.82, 2.24) is 14.1 Å². The SMILES string of the molecule is Cc1cc(NC(=O)/C=C/c2ccc(S(=O)(=O)N3CCCCCC3)cc2)n(CCC#N)n1. The summed E-state index contributed by atoms with van der Waals surface area (Å²) in [5.41, 5.74) is 1.47. The van der Waals surface area contributed by atoms with Crippen molar-refractivity contribution in [3.05, 3.63) is 47.7 Å². The number of rotatable bonds is 7. The van der Waals surface area contributed by atoms with Crippen LogP contribution >= 0.6 is 0 Å². The van der Waals surface area contributed by atoms with E-state index in [1.165, 1.54) is 6.08 Å². The van der Waals surface area contributed by atoms with Crippen LogP contribution in [0.5, 0.6) is 0 Å². The number of hydrogen-bond donors (Lipinski definition) is 1. The molecular weight excluding hydrogens is 414 g/mol. The number of aromatic nitrogens is 2. The normalized spacial score (nSPS) is 15.5. The third-order valence-corrected chi connectivity index (χ3v) is 7.01. The molecule has 1 saturated heterocycles. The maximum absolute atomic E-state index is 12.8. The van der Waals surface area contributed by atoms with Crippen LogP contribution in [0.1, 0.15) is 43.4 Å². The second-order valence-electron chi connectivity index (χ2n) is 7.51. The summed E-state index contributed by atoms with van der Waals surface area (Å²) in [6.45, 7) is 3.34. The fourth-order valence-electron chi connectivity index (χ4n) is 3.49. The Hall–Kier alpha value is -2.96. The number of benzene rings is 1. The minimum Gasteiger partial charge on any atom is -0.307 e. The molecule has 3 rings (SSSR count). The van der Waals surface area contributed by atoms with E-state index in [1.807, 2.05) is 6.92 Å². The smallest absolute Gasteiger partial charge is 0.249 e. The molecule has 2 heterocycles. The van der Waals surface area contributed by atoms with Gasteiger partial charge in [0.15, 0.2) is 0 Å². The number of nitrogens with zero attached hydrogens (tertiary/aromatic N) is 4. The number of aryl methyl sites for hydroxylation is 2. The van der Waals surface area contributed by atoms with Crippen molar-refractivity contribution in [2.75, 3.05) is 18.4 Å². The van der Waals surface area contributed by atoms with E-state index in [4.69, 9.17) is 5.26 Å². The van der Waals surface area contributed by atoms with Crippen LogP contribution in [0.15, 0.2) is 41.3 Å². The first-order chi connectivity index (χ1) is 14.9. The lowest BCUT2D eigenvalue weighted by Crippen LogP contribution is -2.31. The molecule has 8 nitrogen and oxygen atoms in total. The zero-order valence-corrected chi connectivity index (χ0v) is 18.4. The zero-order valence-electron chi connectivity index (χ0n) is 17.6. The van der Waals surface area contributed by atoms with Crippen molar-refractivity contribution >= 4 is 27.8 Å². The Bertz CT molecular complexity index is 1070. The van der Waals surface area contributed by atoms with Gasteiger partial charge in [-0.15, -0.1) is 0 Å². The van der Waals surface area contributed by atoms with Crippen molar-refractivity contribution in [3.63, 3.8) is 0 Å². The molecule has 0 saturated carbocycles. The minimum absolute atomic E-state index is 0.271. The molecule has 1 N–H and O–H groups in total. The third kappa shape index (κ3) is 6.03. The Labute approximate surface area is 183 Å². The first kappa shape index (κ1) is 22.7. The summed E-state index contributed by atoms with van der Waals surface area (Å²) in [6, 6.07) is 10.3. The van der Waals surface area contributed by atoms with Gasteiger partial charge in [-0.05, 0) is 43.5 Å². The highest BCUT2D eigenvalue weighted by molar-refractivity contribution is 7.89. The summed E-state index contributed by atoms with van der Waals surface area (Å²) in [6.07, 6.45) is 7.23. The molecule has 0 aliphatic carbocycles. The van der Waals surface area contributed by atoms with Gasteiger partial charge in [0.05, 0.1) is 29.6 Å². The first-order valence-electron chi connectivity index (χ1n) is 10.4. The van der Waals surface area contributed by atoms with Crippen LogP contribution in [0, 0.1) is 18.3 Å². The van der Waals surface area contributed by atoms with E-state index in [2.05, 4.69) is 16.5 Å². The maximum Gasteiger partial charge on any atom is 0.249 e. The van der Waals surface area contributed by atoms with Crippen LogP contribution in [-0.4, -0.2) is 41.5 Å².